The zero-order valence-electron chi connectivity index (χ0n) is 11.7. The number of fused-ring (bicyclic) bond motifs is 1. The zero-order valence-corrected chi connectivity index (χ0v) is 12.4. The van der Waals surface area contributed by atoms with E-state index in [0.717, 1.165) is 28.3 Å². The second-order valence-corrected chi connectivity index (χ2v) is 5.60. The number of rotatable bonds is 3. The van der Waals surface area contributed by atoms with E-state index in [1.807, 2.05) is 32.0 Å². The first-order valence-corrected chi connectivity index (χ1v) is 7.04. The van der Waals surface area contributed by atoms with Crippen LogP contribution >= 0.6 is 11.6 Å². The predicted octanol–water partition coefficient (Wildman–Crippen LogP) is 4.24. The van der Waals surface area contributed by atoms with Crippen molar-refractivity contribution >= 4 is 22.8 Å². The summed E-state index contributed by atoms with van der Waals surface area (Å²) in [4.78, 5) is 9.15. The minimum absolute atomic E-state index is 0.000463. The summed E-state index contributed by atoms with van der Waals surface area (Å²) in [5, 5.41) is -0.194. The molecule has 3 rings (SSSR count). The normalized spacial score (nSPS) is 14.6. The van der Waals surface area contributed by atoms with E-state index in [4.69, 9.17) is 16.0 Å². The number of aromatic nitrogens is 3. The number of pyridine rings is 1. The van der Waals surface area contributed by atoms with Crippen molar-refractivity contribution < 1.29 is 4.42 Å². The minimum atomic E-state index is -0.194. The summed E-state index contributed by atoms with van der Waals surface area (Å²) in [6.45, 7) is 6.01. The van der Waals surface area contributed by atoms with Crippen LogP contribution in [0.4, 0.5) is 0 Å². The van der Waals surface area contributed by atoms with Crippen molar-refractivity contribution in [2.75, 3.05) is 0 Å². The van der Waals surface area contributed by atoms with Gasteiger partial charge in [0.05, 0.1) is 17.7 Å². The molecule has 3 aromatic rings. The van der Waals surface area contributed by atoms with Crippen LogP contribution < -0.4 is 0 Å². The minimum Gasteiger partial charge on any atom is -0.467 e. The average Bonchev–Trinajstić information content (AvgIpc) is 3.06. The number of aryl methyl sites for hydroxylation is 1. The Kier molecular flexibility index (Phi) is 3.26. The second-order valence-electron chi connectivity index (χ2n) is 4.95. The first-order chi connectivity index (χ1) is 9.59. The van der Waals surface area contributed by atoms with Gasteiger partial charge in [-0.3, -0.25) is 0 Å². The summed E-state index contributed by atoms with van der Waals surface area (Å²) in [7, 11) is 0. The van der Waals surface area contributed by atoms with Gasteiger partial charge in [0.1, 0.15) is 17.1 Å². The number of hydrogen-bond acceptors (Lipinski definition) is 3. The lowest BCUT2D eigenvalue weighted by molar-refractivity contribution is 0.443. The molecule has 0 bridgehead atoms. The molecule has 20 heavy (non-hydrogen) atoms. The molecule has 0 fully saturated rings. The number of hydrogen-bond donors (Lipinski definition) is 0. The van der Waals surface area contributed by atoms with Crippen molar-refractivity contribution in [2.45, 2.75) is 32.2 Å². The molecule has 0 radical (unpaired) electrons. The van der Waals surface area contributed by atoms with E-state index in [-0.39, 0.29) is 11.4 Å². The van der Waals surface area contributed by atoms with Gasteiger partial charge in [0, 0.05) is 6.20 Å². The summed E-state index contributed by atoms with van der Waals surface area (Å²) in [6.07, 6.45) is 3.47. The van der Waals surface area contributed by atoms with Crippen molar-refractivity contribution in [3.05, 3.63) is 47.8 Å². The summed E-state index contributed by atoms with van der Waals surface area (Å²) < 4.78 is 7.57. The van der Waals surface area contributed by atoms with Crippen LogP contribution in [0.2, 0.25) is 0 Å². The molecule has 0 saturated heterocycles. The Bertz CT molecular complexity index is 731. The molecular weight excluding hydrogens is 274 g/mol. The van der Waals surface area contributed by atoms with Crippen LogP contribution in [-0.4, -0.2) is 14.5 Å². The Hall–Kier alpha value is -1.81. The van der Waals surface area contributed by atoms with E-state index in [9.17, 15) is 0 Å². The van der Waals surface area contributed by atoms with Crippen LogP contribution in [0.25, 0.3) is 11.2 Å². The topological polar surface area (TPSA) is 43.9 Å². The summed E-state index contributed by atoms with van der Waals surface area (Å²) in [5.74, 6) is 1.68. The average molecular weight is 290 g/mol. The maximum atomic E-state index is 6.30. The third-order valence-corrected chi connectivity index (χ3v) is 3.70. The molecule has 3 aromatic heterocycles. The van der Waals surface area contributed by atoms with Crippen molar-refractivity contribution in [3.8, 4) is 0 Å². The Morgan fingerprint density at radius 1 is 1.30 bits per heavy atom. The van der Waals surface area contributed by atoms with Crippen LogP contribution in [0.3, 0.4) is 0 Å². The van der Waals surface area contributed by atoms with Gasteiger partial charge in [0.25, 0.3) is 0 Å². The van der Waals surface area contributed by atoms with Crippen molar-refractivity contribution in [3.63, 3.8) is 0 Å². The monoisotopic (exact) mass is 289 g/mol. The lowest BCUT2D eigenvalue weighted by Crippen LogP contribution is -2.11. The molecule has 0 amide bonds. The fourth-order valence-corrected chi connectivity index (χ4v) is 2.60. The van der Waals surface area contributed by atoms with Crippen LogP contribution in [0.15, 0.2) is 35.1 Å². The van der Waals surface area contributed by atoms with Crippen LogP contribution in [0.1, 0.15) is 42.4 Å². The highest BCUT2D eigenvalue weighted by Gasteiger charge is 2.23. The maximum Gasteiger partial charge on any atom is 0.160 e. The van der Waals surface area contributed by atoms with Gasteiger partial charge in [0.2, 0.25) is 0 Å². The van der Waals surface area contributed by atoms with E-state index in [1.165, 1.54) is 0 Å². The number of furan rings is 1. The van der Waals surface area contributed by atoms with Crippen molar-refractivity contribution in [1.82, 2.24) is 14.5 Å². The van der Waals surface area contributed by atoms with E-state index in [1.54, 1.807) is 12.5 Å². The molecule has 0 N–H and O–H groups in total. The summed E-state index contributed by atoms with van der Waals surface area (Å²) in [6, 6.07) is 5.79. The van der Waals surface area contributed by atoms with Gasteiger partial charge in [-0.05, 0) is 44.5 Å². The largest absolute Gasteiger partial charge is 0.467 e. The van der Waals surface area contributed by atoms with Crippen LogP contribution in [-0.2, 0) is 0 Å². The molecule has 4 nitrogen and oxygen atoms in total. The van der Waals surface area contributed by atoms with Crippen LogP contribution in [0, 0.1) is 6.92 Å². The third kappa shape index (κ3) is 2.00. The van der Waals surface area contributed by atoms with E-state index in [0.29, 0.717) is 0 Å². The Labute approximate surface area is 122 Å². The maximum absolute atomic E-state index is 6.30. The highest BCUT2D eigenvalue weighted by molar-refractivity contribution is 6.20. The van der Waals surface area contributed by atoms with E-state index in [2.05, 4.69) is 21.5 Å². The van der Waals surface area contributed by atoms with Crippen molar-refractivity contribution in [1.29, 1.82) is 0 Å². The molecule has 0 saturated carbocycles. The SMILES string of the molecule is Cc1ccnc2c1nc(C(C)Cl)n2C(C)c1ccco1. The smallest absolute Gasteiger partial charge is 0.160 e. The molecule has 0 spiro atoms. The first kappa shape index (κ1) is 13.2. The van der Waals surface area contributed by atoms with Gasteiger partial charge in [-0.15, -0.1) is 11.6 Å². The Balaban J connectivity index is 2.27. The molecule has 0 aliphatic carbocycles. The van der Waals surface area contributed by atoms with E-state index >= 15 is 0 Å². The summed E-state index contributed by atoms with van der Waals surface area (Å²) >= 11 is 6.30. The number of imidazole rings is 1. The Morgan fingerprint density at radius 2 is 2.10 bits per heavy atom. The van der Waals surface area contributed by atoms with Gasteiger partial charge in [0.15, 0.2) is 5.65 Å². The van der Waals surface area contributed by atoms with Gasteiger partial charge >= 0.3 is 0 Å². The van der Waals surface area contributed by atoms with Gasteiger partial charge in [-0.1, -0.05) is 0 Å². The van der Waals surface area contributed by atoms with Crippen molar-refractivity contribution in [2.24, 2.45) is 0 Å². The lowest BCUT2D eigenvalue weighted by Gasteiger charge is -2.16. The molecule has 104 valence electrons. The number of halogens is 1. The molecule has 0 aromatic carbocycles. The zero-order chi connectivity index (χ0) is 14.3. The highest BCUT2D eigenvalue weighted by atomic mass is 35.5. The highest BCUT2D eigenvalue weighted by Crippen LogP contribution is 2.31. The molecule has 0 aliphatic heterocycles. The predicted molar refractivity (Wildman–Crippen MR) is 79.1 cm³/mol. The molecule has 2 atom stereocenters. The van der Waals surface area contributed by atoms with Crippen LogP contribution in [0.5, 0.6) is 0 Å². The quantitative estimate of drug-likeness (QED) is 0.677. The third-order valence-electron chi connectivity index (χ3n) is 3.51. The number of nitrogens with zero attached hydrogens (tertiary/aromatic N) is 3. The molecule has 3 heterocycles. The molecule has 5 heteroatoms. The summed E-state index contributed by atoms with van der Waals surface area (Å²) in [5.41, 5.74) is 2.84. The van der Waals surface area contributed by atoms with Gasteiger partial charge < -0.3 is 8.98 Å². The van der Waals surface area contributed by atoms with Gasteiger partial charge in [-0.2, -0.15) is 0 Å². The van der Waals surface area contributed by atoms with Gasteiger partial charge in [-0.25, -0.2) is 9.97 Å². The number of alkyl halides is 1. The van der Waals surface area contributed by atoms with E-state index < -0.39 is 0 Å². The second kappa shape index (κ2) is 4.94. The fourth-order valence-electron chi connectivity index (χ4n) is 2.45. The molecule has 2 unspecified atom stereocenters. The fraction of sp³-hybridized carbons (Fsp3) is 0.333. The standard InChI is InChI=1S/C15H16ClN3O/c1-9-6-7-17-15-13(9)18-14(10(2)16)19(15)11(3)12-5-4-8-20-12/h4-8,10-11H,1-3H3. The molecular formula is C15H16ClN3O. The molecule has 0 aliphatic rings. The lowest BCUT2D eigenvalue weighted by atomic mass is 10.2. The first-order valence-electron chi connectivity index (χ1n) is 6.60. The Morgan fingerprint density at radius 3 is 2.75 bits per heavy atom.